The third-order valence-electron chi connectivity index (χ3n) is 3.96. The van der Waals surface area contributed by atoms with E-state index in [0.717, 1.165) is 17.6 Å². The van der Waals surface area contributed by atoms with E-state index in [9.17, 15) is 9.18 Å². The van der Waals surface area contributed by atoms with Crippen LogP contribution in [-0.2, 0) is 6.54 Å². The lowest BCUT2D eigenvalue weighted by Crippen LogP contribution is -2.48. The molecule has 2 aromatic rings. The van der Waals surface area contributed by atoms with Crippen LogP contribution in [0.1, 0.15) is 15.9 Å². The highest BCUT2D eigenvalue weighted by atomic mass is 79.9. The predicted octanol–water partition coefficient (Wildman–Crippen LogP) is 2.94. The first kappa shape index (κ1) is 16.1. The van der Waals surface area contributed by atoms with Gasteiger partial charge in [-0.15, -0.1) is 0 Å². The number of hydrogen-bond acceptors (Lipinski definition) is 3. The van der Waals surface area contributed by atoms with Crippen molar-refractivity contribution in [2.24, 2.45) is 0 Å². The maximum atomic E-state index is 13.7. The highest BCUT2D eigenvalue weighted by molar-refractivity contribution is 9.10. The number of amides is 1. The number of hydrogen-bond donors (Lipinski definition) is 0. The Morgan fingerprint density at radius 2 is 1.91 bits per heavy atom. The van der Waals surface area contributed by atoms with Crippen LogP contribution in [0.3, 0.4) is 0 Å². The summed E-state index contributed by atoms with van der Waals surface area (Å²) >= 11 is 3.33. The maximum Gasteiger partial charge on any atom is 0.255 e. The second-order valence-electron chi connectivity index (χ2n) is 5.55. The zero-order valence-corrected chi connectivity index (χ0v) is 14.2. The van der Waals surface area contributed by atoms with E-state index in [0.29, 0.717) is 30.8 Å². The van der Waals surface area contributed by atoms with Crippen molar-refractivity contribution in [1.82, 2.24) is 14.8 Å². The van der Waals surface area contributed by atoms with E-state index in [1.54, 1.807) is 30.6 Å². The molecular weight excluding hydrogens is 361 g/mol. The molecule has 0 radical (unpaired) electrons. The molecule has 3 rings (SSSR count). The van der Waals surface area contributed by atoms with Crippen LogP contribution in [0, 0.1) is 5.82 Å². The first-order valence-corrected chi connectivity index (χ1v) is 8.28. The monoisotopic (exact) mass is 377 g/mol. The Hall–Kier alpha value is -1.79. The van der Waals surface area contributed by atoms with Crippen molar-refractivity contribution in [3.63, 3.8) is 0 Å². The molecule has 0 bridgehead atoms. The van der Waals surface area contributed by atoms with E-state index in [4.69, 9.17) is 0 Å². The molecule has 1 amide bonds. The van der Waals surface area contributed by atoms with Gasteiger partial charge in [0.15, 0.2) is 0 Å². The van der Waals surface area contributed by atoms with Crippen molar-refractivity contribution in [2.75, 3.05) is 26.2 Å². The largest absolute Gasteiger partial charge is 0.336 e. The van der Waals surface area contributed by atoms with Gasteiger partial charge in [-0.2, -0.15) is 0 Å². The lowest BCUT2D eigenvalue weighted by atomic mass is 10.1. The van der Waals surface area contributed by atoms with E-state index in [2.05, 4.69) is 25.8 Å². The minimum absolute atomic E-state index is 0.00987. The van der Waals surface area contributed by atoms with Gasteiger partial charge in [0.05, 0.1) is 5.56 Å². The molecule has 1 aromatic carbocycles. The second-order valence-corrected chi connectivity index (χ2v) is 6.47. The summed E-state index contributed by atoms with van der Waals surface area (Å²) < 4.78 is 14.5. The molecular formula is C17H17BrFN3O. The van der Waals surface area contributed by atoms with Crippen molar-refractivity contribution in [3.05, 3.63) is 64.1 Å². The number of halogens is 2. The van der Waals surface area contributed by atoms with Crippen LogP contribution >= 0.6 is 15.9 Å². The molecule has 1 aromatic heterocycles. The minimum Gasteiger partial charge on any atom is -0.336 e. The molecule has 0 spiro atoms. The second kappa shape index (κ2) is 7.19. The van der Waals surface area contributed by atoms with Gasteiger partial charge in [0.2, 0.25) is 0 Å². The molecule has 2 heterocycles. The Kier molecular flexibility index (Phi) is 5.03. The Morgan fingerprint density at radius 3 is 2.61 bits per heavy atom. The molecule has 120 valence electrons. The first-order chi connectivity index (χ1) is 11.1. The standard InChI is InChI=1S/C17H17BrFN3O/c18-15-9-14(10-20-11-15)17(23)22-7-5-21(6-8-22)12-13-3-1-2-4-16(13)19/h1-4,9-11H,5-8,12H2. The summed E-state index contributed by atoms with van der Waals surface area (Å²) in [5.41, 5.74) is 1.28. The average Bonchev–Trinajstić information content (AvgIpc) is 2.57. The molecule has 1 aliphatic heterocycles. The van der Waals surface area contributed by atoms with E-state index in [1.165, 1.54) is 6.07 Å². The number of nitrogens with zero attached hydrogens (tertiary/aromatic N) is 3. The third kappa shape index (κ3) is 3.95. The van der Waals surface area contributed by atoms with Gasteiger partial charge in [0.25, 0.3) is 5.91 Å². The van der Waals surface area contributed by atoms with Gasteiger partial charge in [-0.05, 0) is 28.1 Å². The summed E-state index contributed by atoms with van der Waals surface area (Å²) in [6, 6.07) is 8.61. The fourth-order valence-corrected chi connectivity index (χ4v) is 3.05. The zero-order valence-electron chi connectivity index (χ0n) is 12.6. The van der Waals surface area contributed by atoms with E-state index >= 15 is 0 Å². The number of rotatable bonds is 3. The zero-order chi connectivity index (χ0) is 16.2. The molecule has 0 aliphatic carbocycles. The lowest BCUT2D eigenvalue weighted by Gasteiger charge is -2.34. The molecule has 0 saturated carbocycles. The van der Waals surface area contributed by atoms with Gasteiger partial charge < -0.3 is 4.90 Å². The first-order valence-electron chi connectivity index (χ1n) is 7.49. The molecule has 0 atom stereocenters. The van der Waals surface area contributed by atoms with Crippen molar-refractivity contribution in [2.45, 2.75) is 6.54 Å². The smallest absolute Gasteiger partial charge is 0.255 e. The predicted molar refractivity (Wildman–Crippen MR) is 89.5 cm³/mol. The van der Waals surface area contributed by atoms with Crippen molar-refractivity contribution < 1.29 is 9.18 Å². The molecule has 0 unspecified atom stereocenters. The Labute approximate surface area is 143 Å². The number of piperazine rings is 1. The fraction of sp³-hybridized carbons (Fsp3) is 0.294. The normalized spacial score (nSPS) is 15.7. The molecule has 0 N–H and O–H groups in total. The van der Waals surface area contributed by atoms with Crippen molar-refractivity contribution in [1.29, 1.82) is 0 Å². The van der Waals surface area contributed by atoms with Crippen molar-refractivity contribution >= 4 is 21.8 Å². The summed E-state index contributed by atoms with van der Waals surface area (Å²) in [5.74, 6) is -0.185. The van der Waals surface area contributed by atoms with E-state index < -0.39 is 0 Å². The summed E-state index contributed by atoms with van der Waals surface area (Å²) in [6.07, 6.45) is 3.24. The van der Waals surface area contributed by atoms with E-state index in [-0.39, 0.29) is 11.7 Å². The van der Waals surface area contributed by atoms with Crippen LogP contribution < -0.4 is 0 Å². The van der Waals surface area contributed by atoms with E-state index in [1.807, 2.05) is 11.0 Å². The number of carbonyl (C=O) groups excluding carboxylic acids is 1. The Bertz CT molecular complexity index is 702. The number of aromatic nitrogens is 1. The summed E-state index contributed by atoms with van der Waals surface area (Å²) in [7, 11) is 0. The van der Waals surface area contributed by atoms with Gasteiger partial charge in [-0.25, -0.2) is 4.39 Å². The molecule has 6 heteroatoms. The van der Waals surface area contributed by atoms with Crippen LogP contribution in [0.25, 0.3) is 0 Å². The van der Waals surface area contributed by atoms with Gasteiger partial charge in [0.1, 0.15) is 5.82 Å². The third-order valence-corrected chi connectivity index (χ3v) is 4.40. The minimum atomic E-state index is -0.175. The summed E-state index contributed by atoms with van der Waals surface area (Å²) in [4.78, 5) is 20.5. The van der Waals surface area contributed by atoms with Gasteiger partial charge in [-0.1, -0.05) is 18.2 Å². The van der Waals surface area contributed by atoms with Crippen LogP contribution in [0.2, 0.25) is 0 Å². The maximum absolute atomic E-state index is 13.7. The van der Waals surface area contributed by atoms with Crippen LogP contribution in [0.5, 0.6) is 0 Å². The highest BCUT2D eigenvalue weighted by Crippen LogP contribution is 2.15. The number of pyridine rings is 1. The number of benzene rings is 1. The van der Waals surface area contributed by atoms with Gasteiger partial charge in [0, 0.05) is 55.2 Å². The van der Waals surface area contributed by atoms with Gasteiger partial charge in [-0.3, -0.25) is 14.7 Å². The average molecular weight is 378 g/mol. The summed E-state index contributed by atoms with van der Waals surface area (Å²) in [6.45, 7) is 3.33. The molecule has 4 nitrogen and oxygen atoms in total. The topological polar surface area (TPSA) is 36.4 Å². The van der Waals surface area contributed by atoms with Crippen LogP contribution in [0.4, 0.5) is 4.39 Å². The molecule has 1 saturated heterocycles. The van der Waals surface area contributed by atoms with Crippen LogP contribution in [-0.4, -0.2) is 46.9 Å². The van der Waals surface area contributed by atoms with Crippen molar-refractivity contribution in [3.8, 4) is 0 Å². The molecule has 23 heavy (non-hydrogen) atoms. The SMILES string of the molecule is O=C(c1cncc(Br)c1)N1CCN(Cc2ccccc2F)CC1. The Balaban J connectivity index is 1.58. The van der Waals surface area contributed by atoms with Crippen LogP contribution in [0.15, 0.2) is 47.2 Å². The molecule has 1 aliphatic rings. The summed E-state index contributed by atoms with van der Waals surface area (Å²) in [5, 5.41) is 0. The lowest BCUT2D eigenvalue weighted by molar-refractivity contribution is 0.0626. The molecule has 1 fully saturated rings. The van der Waals surface area contributed by atoms with Gasteiger partial charge >= 0.3 is 0 Å². The highest BCUT2D eigenvalue weighted by Gasteiger charge is 2.22. The Morgan fingerprint density at radius 1 is 1.17 bits per heavy atom. The fourth-order valence-electron chi connectivity index (χ4n) is 2.69. The number of carbonyl (C=O) groups is 1. The quantitative estimate of drug-likeness (QED) is 0.824.